The number of hydrogen-bond donors (Lipinski definition) is 2. The van der Waals surface area contributed by atoms with Gasteiger partial charge in [0.15, 0.2) is 0 Å². The van der Waals surface area contributed by atoms with E-state index in [1.807, 2.05) is 30.3 Å². The van der Waals surface area contributed by atoms with Crippen molar-refractivity contribution in [1.29, 1.82) is 0 Å². The van der Waals surface area contributed by atoms with Crippen molar-refractivity contribution in [3.63, 3.8) is 0 Å². The van der Waals surface area contributed by atoms with Crippen molar-refractivity contribution in [3.8, 4) is 0 Å². The Morgan fingerprint density at radius 2 is 2.08 bits per heavy atom. The maximum atomic E-state index is 8.85. The van der Waals surface area contributed by atoms with Gasteiger partial charge in [-0.2, -0.15) is 0 Å². The highest BCUT2D eigenvalue weighted by atomic mass is 16.3. The van der Waals surface area contributed by atoms with Crippen LogP contribution in [0, 0.1) is 0 Å². The Balaban J connectivity index is 2.56. The third-order valence-electron chi connectivity index (χ3n) is 1.61. The lowest BCUT2D eigenvalue weighted by Gasteiger charge is -2.12. The molecule has 64 valence electrons. The van der Waals surface area contributed by atoms with Gasteiger partial charge >= 0.3 is 0 Å². The highest BCUT2D eigenvalue weighted by Gasteiger charge is 1.99. The fourth-order valence-electron chi connectivity index (χ4n) is 0.928. The van der Waals surface area contributed by atoms with Crippen LogP contribution in [-0.2, 0) is 0 Å². The summed E-state index contributed by atoms with van der Waals surface area (Å²) in [6, 6.07) is 9.68. The number of anilines is 1. The van der Waals surface area contributed by atoms with Gasteiger partial charge in [0.05, 0.1) is 12.6 Å². The van der Waals surface area contributed by atoms with Crippen molar-refractivity contribution in [2.45, 2.75) is 6.04 Å². The molecule has 12 heavy (non-hydrogen) atoms. The molecule has 2 nitrogen and oxygen atoms in total. The quantitative estimate of drug-likeness (QED) is 0.661. The van der Waals surface area contributed by atoms with Crippen molar-refractivity contribution < 1.29 is 5.11 Å². The lowest BCUT2D eigenvalue weighted by atomic mass is 10.2. The van der Waals surface area contributed by atoms with Crippen molar-refractivity contribution in [2.75, 3.05) is 11.9 Å². The topological polar surface area (TPSA) is 32.3 Å². The maximum Gasteiger partial charge on any atom is 0.0673 e. The van der Waals surface area contributed by atoms with Crippen LogP contribution >= 0.6 is 0 Å². The van der Waals surface area contributed by atoms with Crippen LogP contribution in [0.5, 0.6) is 0 Å². The van der Waals surface area contributed by atoms with Gasteiger partial charge in [-0.15, -0.1) is 6.58 Å². The lowest BCUT2D eigenvalue weighted by Crippen LogP contribution is -2.20. The van der Waals surface area contributed by atoms with Crippen molar-refractivity contribution in [1.82, 2.24) is 0 Å². The molecule has 0 saturated heterocycles. The van der Waals surface area contributed by atoms with Gasteiger partial charge in [-0.3, -0.25) is 0 Å². The Bertz CT molecular complexity index is 233. The van der Waals surface area contributed by atoms with Crippen LogP contribution in [0.25, 0.3) is 0 Å². The van der Waals surface area contributed by atoms with E-state index in [1.54, 1.807) is 6.08 Å². The Hall–Kier alpha value is -1.28. The molecule has 0 aliphatic rings. The normalized spacial score (nSPS) is 12.1. The Kier molecular flexibility index (Phi) is 3.35. The molecule has 0 fully saturated rings. The molecule has 0 radical (unpaired) electrons. The van der Waals surface area contributed by atoms with Gasteiger partial charge in [-0.25, -0.2) is 0 Å². The summed E-state index contributed by atoms with van der Waals surface area (Å²) in [6.07, 6.45) is 1.69. The van der Waals surface area contributed by atoms with Crippen LogP contribution in [0.3, 0.4) is 0 Å². The summed E-state index contributed by atoms with van der Waals surface area (Å²) in [5, 5.41) is 12.0. The SMILES string of the molecule is C=CC(CO)Nc1ccccc1. The second kappa shape index (κ2) is 4.57. The van der Waals surface area contributed by atoms with E-state index in [4.69, 9.17) is 5.11 Å². The maximum absolute atomic E-state index is 8.85. The molecule has 2 N–H and O–H groups in total. The van der Waals surface area contributed by atoms with E-state index in [2.05, 4.69) is 11.9 Å². The van der Waals surface area contributed by atoms with Crippen LogP contribution in [-0.4, -0.2) is 17.8 Å². The first-order valence-corrected chi connectivity index (χ1v) is 3.92. The van der Waals surface area contributed by atoms with E-state index in [0.717, 1.165) is 5.69 Å². The molecule has 0 aromatic heterocycles. The van der Waals surface area contributed by atoms with Crippen molar-refractivity contribution >= 4 is 5.69 Å². The Morgan fingerprint density at radius 1 is 1.42 bits per heavy atom. The molecule has 2 heteroatoms. The van der Waals surface area contributed by atoms with E-state index in [9.17, 15) is 0 Å². The minimum atomic E-state index is -0.0626. The standard InChI is InChI=1S/C10H13NO/c1-2-9(8-12)11-10-6-4-3-5-7-10/h2-7,9,11-12H,1,8H2. The molecule has 0 amide bonds. The number of aliphatic hydroxyl groups excluding tert-OH is 1. The summed E-state index contributed by atoms with van der Waals surface area (Å²) < 4.78 is 0. The highest BCUT2D eigenvalue weighted by molar-refractivity contribution is 5.44. The van der Waals surface area contributed by atoms with E-state index in [-0.39, 0.29) is 12.6 Å². The van der Waals surface area contributed by atoms with E-state index >= 15 is 0 Å². The van der Waals surface area contributed by atoms with Crippen LogP contribution in [0.4, 0.5) is 5.69 Å². The van der Waals surface area contributed by atoms with Crippen LogP contribution in [0.2, 0.25) is 0 Å². The number of para-hydroxylation sites is 1. The van der Waals surface area contributed by atoms with Gasteiger partial charge in [-0.05, 0) is 12.1 Å². The highest BCUT2D eigenvalue weighted by Crippen LogP contribution is 2.06. The summed E-state index contributed by atoms with van der Waals surface area (Å²) in [5.41, 5.74) is 0.997. The molecule has 1 unspecified atom stereocenters. The molecular weight excluding hydrogens is 150 g/mol. The predicted molar refractivity (Wildman–Crippen MR) is 51.1 cm³/mol. The molecule has 0 heterocycles. The van der Waals surface area contributed by atoms with Gasteiger partial charge in [-0.1, -0.05) is 24.3 Å². The molecular formula is C10H13NO. The average Bonchev–Trinajstić information content (AvgIpc) is 2.16. The first-order valence-electron chi connectivity index (χ1n) is 3.92. The Labute approximate surface area is 72.5 Å². The molecule has 0 bridgehead atoms. The summed E-state index contributed by atoms with van der Waals surface area (Å²) in [4.78, 5) is 0. The summed E-state index contributed by atoms with van der Waals surface area (Å²) in [6.45, 7) is 3.67. The summed E-state index contributed by atoms with van der Waals surface area (Å²) >= 11 is 0. The second-order valence-electron chi connectivity index (χ2n) is 2.54. The third-order valence-corrected chi connectivity index (χ3v) is 1.61. The molecule has 0 aliphatic heterocycles. The minimum Gasteiger partial charge on any atom is -0.394 e. The first kappa shape index (κ1) is 8.81. The molecule has 0 spiro atoms. The lowest BCUT2D eigenvalue weighted by molar-refractivity contribution is 0.291. The predicted octanol–water partition coefficient (Wildman–Crippen LogP) is 1.65. The van der Waals surface area contributed by atoms with Crippen molar-refractivity contribution in [2.24, 2.45) is 0 Å². The zero-order valence-electron chi connectivity index (χ0n) is 6.90. The Morgan fingerprint density at radius 3 is 2.58 bits per heavy atom. The molecule has 0 aliphatic carbocycles. The fraction of sp³-hybridized carbons (Fsp3) is 0.200. The van der Waals surface area contributed by atoms with Crippen LogP contribution in [0.15, 0.2) is 43.0 Å². The average molecular weight is 163 g/mol. The fourth-order valence-corrected chi connectivity index (χ4v) is 0.928. The number of nitrogens with one attached hydrogen (secondary N) is 1. The minimum absolute atomic E-state index is 0.0626. The smallest absolute Gasteiger partial charge is 0.0673 e. The third kappa shape index (κ3) is 2.40. The molecule has 1 aromatic rings. The van der Waals surface area contributed by atoms with E-state index < -0.39 is 0 Å². The van der Waals surface area contributed by atoms with Gasteiger partial charge in [0.1, 0.15) is 0 Å². The van der Waals surface area contributed by atoms with Crippen LogP contribution < -0.4 is 5.32 Å². The van der Waals surface area contributed by atoms with Gasteiger partial charge in [0.25, 0.3) is 0 Å². The van der Waals surface area contributed by atoms with Crippen LogP contribution in [0.1, 0.15) is 0 Å². The van der Waals surface area contributed by atoms with Crippen molar-refractivity contribution in [3.05, 3.63) is 43.0 Å². The van der Waals surface area contributed by atoms with Gasteiger partial charge < -0.3 is 10.4 Å². The number of aliphatic hydroxyl groups is 1. The molecule has 1 rings (SSSR count). The molecule has 1 aromatic carbocycles. The monoisotopic (exact) mass is 163 g/mol. The number of benzene rings is 1. The summed E-state index contributed by atoms with van der Waals surface area (Å²) in [5.74, 6) is 0. The number of hydrogen-bond acceptors (Lipinski definition) is 2. The largest absolute Gasteiger partial charge is 0.394 e. The molecule has 1 atom stereocenters. The number of rotatable bonds is 4. The second-order valence-corrected chi connectivity index (χ2v) is 2.54. The zero-order valence-corrected chi connectivity index (χ0v) is 6.90. The molecule has 0 saturated carbocycles. The summed E-state index contributed by atoms with van der Waals surface area (Å²) in [7, 11) is 0. The van der Waals surface area contributed by atoms with Gasteiger partial charge in [0, 0.05) is 5.69 Å². The van der Waals surface area contributed by atoms with Gasteiger partial charge in [0.2, 0.25) is 0 Å². The van der Waals surface area contributed by atoms with E-state index in [0.29, 0.717) is 0 Å². The zero-order chi connectivity index (χ0) is 8.81. The first-order chi connectivity index (χ1) is 5.86. The van der Waals surface area contributed by atoms with E-state index in [1.165, 1.54) is 0 Å².